The van der Waals surface area contributed by atoms with Crippen LogP contribution in [0.25, 0.3) is 0 Å². The fraction of sp³-hybridized carbons (Fsp3) is 0.474. The third kappa shape index (κ3) is 3.08. The van der Waals surface area contributed by atoms with Crippen molar-refractivity contribution in [3.63, 3.8) is 0 Å². The summed E-state index contributed by atoms with van der Waals surface area (Å²) in [7, 11) is 0. The molecule has 1 amide bonds. The topological polar surface area (TPSA) is 62.2 Å². The number of piperidine rings is 1. The van der Waals surface area contributed by atoms with E-state index in [0.29, 0.717) is 13.1 Å². The van der Waals surface area contributed by atoms with Gasteiger partial charge in [-0.05, 0) is 44.4 Å². The van der Waals surface area contributed by atoms with Gasteiger partial charge in [-0.15, -0.1) is 0 Å². The molecule has 2 aromatic heterocycles. The largest absolute Gasteiger partial charge is 0.340 e. The van der Waals surface area contributed by atoms with Crippen LogP contribution in [0.2, 0.25) is 0 Å². The highest BCUT2D eigenvalue weighted by Crippen LogP contribution is 2.41. The third-order valence-corrected chi connectivity index (χ3v) is 5.31. The summed E-state index contributed by atoms with van der Waals surface area (Å²) in [5.74, 6) is 0.990. The van der Waals surface area contributed by atoms with Crippen LogP contribution in [-0.2, 0) is 11.3 Å². The predicted octanol–water partition coefficient (Wildman–Crippen LogP) is 2.20. The lowest BCUT2D eigenvalue weighted by molar-refractivity contribution is -0.137. The van der Waals surface area contributed by atoms with E-state index in [-0.39, 0.29) is 11.3 Å². The van der Waals surface area contributed by atoms with Crippen molar-refractivity contribution < 1.29 is 4.79 Å². The molecule has 0 aromatic carbocycles. The number of aromatic nitrogens is 3. The highest BCUT2D eigenvalue weighted by molar-refractivity contribution is 5.85. The van der Waals surface area contributed by atoms with Crippen molar-refractivity contribution in [3.8, 4) is 0 Å². The normalized spacial score (nSPS) is 23.5. The number of hydrogen-bond donors (Lipinski definition) is 0. The van der Waals surface area contributed by atoms with E-state index in [1.165, 1.54) is 0 Å². The van der Waals surface area contributed by atoms with E-state index in [1.807, 2.05) is 36.1 Å². The number of nitrogens with zero attached hydrogens (tertiary/aromatic N) is 5. The van der Waals surface area contributed by atoms with Gasteiger partial charge in [0.05, 0.1) is 17.7 Å². The molecule has 2 fully saturated rings. The van der Waals surface area contributed by atoms with Crippen LogP contribution in [-0.4, -0.2) is 45.4 Å². The fourth-order valence-electron chi connectivity index (χ4n) is 4.06. The second kappa shape index (κ2) is 6.43. The zero-order valence-electron chi connectivity index (χ0n) is 14.6. The zero-order valence-corrected chi connectivity index (χ0v) is 14.6. The molecule has 25 heavy (non-hydrogen) atoms. The standard InChI is InChI=1S/C19H23N5O/c1-15-5-2-6-16(22-15)13-23-12-8-19(17(23)25)7-3-11-24(14-19)18-20-9-4-10-21-18/h2,4-6,9-10H,3,7-8,11-14H2,1H3/t19-/m0/s1. The van der Waals surface area contributed by atoms with Gasteiger partial charge in [0.25, 0.3) is 0 Å². The van der Waals surface area contributed by atoms with E-state index < -0.39 is 0 Å². The third-order valence-electron chi connectivity index (χ3n) is 5.31. The molecule has 6 heteroatoms. The number of anilines is 1. The van der Waals surface area contributed by atoms with Gasteiger partial charge in [0.2, 0.25) is 11.9 Å². The van der Waals surface area contributed by atoms with Gasteiger partial charge in [-0.3, -0.25) is 9.78 Å². The molecule has 0 N–H and O–H groups in total. The van der Waals surface area contributed by atoms with Crippen LogP contribution in [0.1, 0.15) is 30.7 Å². The monoisotopic (exact) mass is 337 g/mol. The molecule has 4 heterocycles. The van der Waals surface area contributed by atoms with Crippen molar-refractivity contribution in [2.75, 3.05) is 24.5 Å². The minimum Gasteiger partial charge on any atom is -0.340 e. The number of hydrogen-bond acceptors (Lipinski definition) is 5. The summed E-state index contributed by atoms with van der Waals surface area (Å²) in [5.41, 5.74) is 1.66. The summed E-state index contributed by atoms with van der Waals surface area (Å²) in [4.78, 5) is 30.6. The SMILES string of the molecule is Cc1cccc(CN2CC[C@]3(CCCN(c4ncccn4)C3)C2=O)n1. The van der Waals surface area contributed by atoms with E-state index in [2.05, 4.69) is 19.9 Å². The summed E-state index contributed by atoms with van der Waals surface area (Å²) in [5, 5.41) is 0. The molecule has 2 saturated heterocycles. The van der Waals surface area contributed by atoms with Crippen molar-refractivity contribution in [1.82, 2.24) is 19.9 Å². The summed E-state index contributed by atoms with van der Waals surface area (Å²) >= 11 is 0. The second-order valence-electron chi connectivity index (χ2n) is 7.10. The summed E-state index contributed by atoms with van der Waals surface area (Å²) in [6.07, 6.45) is 6.38. The van der Waals surface area contributed by atoms with Gasteiger partial charge in [-0.25, -0.2) is 9.97 Å². The first-order valence-corrected chi connectivity index (χ1v) is 8.90. The van der Waals surface area contributed by atoms with Gasteiger partial charge >= 0.3 is 0 Å². The number of aryl methyl sites for hydroxylation is 1. The molecule has 2 aliphatic rings. The number of pyridine rings is 1. The van der Waals surface area contributed by atoms with Crippen LogP contribution in [0.4, 0.5) is 5.95 Å². The first-order chi connectivity index (χ1) is 12.2. The van der Waals surface area contributed by atoms with Crippen molar-refractivity contribution in [2.45, 2.75) is 32.7 Å². The molecule has 130 valence electrons. The summed E-state index contributed by atoms with van der Waals surface area (Å²) in [6.45, 7) is 5.02. The van der Waals surface area contributed by atoms with Crippen LogP contribution in [0.3, 0.4) is 0 Å². The molecule has 1 spiro atoms. The smallest absolute Gasteiger partial charge is 0.231 e. The van der Waals surface area contributed by atoms with E-state index in [0.717, 1.165) is 49.7 Å². The number of carbonyl (C=O) groups is 1. The molecular formula is C19H23N5O. The Labute approximate surface area is 147 Å². The number of likely N-dealkylation sites (tertiary alicyclic amines) is 1. The highest BCUT2D eigenvalue weighted by Gasteiger charge is 2.49. The first-order valence-electron chi connectivity index (χ1n) is 8.90. The lowest BCUT2D eigenvalue weighted by Gasteiger charge is -2.39. The first kappa shape index (κ1) is 16.0. The molecule has 2 aromatic rings. The highest BCUT2D eigenvalue weighted by atomic mass is 16.2. The van der Waals surface area contributed by atoms with Crippen LogP contribution in [0, 0.1) is 12.3 Å². The van der Waals surface area contributed by atoms with E-state index in [4.69, 9.17) is 0 Å². The Bertz CT molecular complexity index is 765. The Hall–Kier alpha value is -2.50. The van der Waals surface area contributed by atoms with Crippen molar-refractivity contribution in [2.24, 2.45) is 5.41 Å². The molecule has 0 saturated carbocycles. The Morgan fingerprint density at radius 1 is 1.12 bits per heavy atom. The maximum atomic E-state index is 13.2. The molecule has 6 nitrogen and oxygen atoms in total. The van der Waals surface area contributed by atoms with Crippen LogP contribution >= 0.6 is 0 Å². The number of rotatable bonds is 3. The van der Waals surface area contributed by atoms with E-state index in [9.17, 15) is 4.79 Å². The zero-order chi connectivity index (χ0) is 17.3. The molecule has 0 unspecified atom stereocenters. The van der Waals surface area contributed by atoms with Gasteiger partial charge in [-0.2, -0.15) is 0 Å². The Balaban J connectivity index is 1.50. The minimum absolute atomic E-state index is 0.261. The summed E-state index contributed by atoms with van der Waals surface area (Å²) in [6, 6.07) is 7.80. The Morgan fingerprint density at radius 2 is 1.96 bits per heavy atom. The molecule has 0 aliphatic carbocycles. The average molecular weight is 337 g/mol. The average Bonchev–Trinajstić information content (AvgIpc) is 2.92. The van der Waals surface area contributed by atoms with Gasteiger partial charge in [-0.1, -0.05) is 6.07 Å². The molecule has 0 bridgehead atoms. The van der Waals surface area contributed by atoms with Crippen LogP contribution in [0.5, 0.6) is 0 Å². The Kier molecular flexibility index (Phi) is 4.11. The van der Waals surface area contributed by atoms with E-state index in [1.54, 1.807) is 12.4 Å². The molecule has 1 atom stereocenters. The maximum Gasteiger partial charge on any atom is 0.231 e. The maximum absolute atomic E-state index is 13.2. The van der Waals surface area contributed by atoms with Crippen molar-refractivity contribution in [1.29, 1.82) is 0 Å². The predicted molar refractivity (Wildman–Crippen MR) is 94.9 cm³/mol. The molecule has 0 radical (unpaired) electrons. The lowest BCUT2D eigenvalue weighted by atomic mass is 9.78. The van der Waals surface area contributed by atoms with Gasteiger partial charge in [0.1, 0.15) is 0 Å². The van der Waals surface area contributed by atoms with E-state index >= 15 is 0 Å². The van der Waals surface area contributed by atoms with Crippen LogP contribution in [0.15, 0.2) is 36.7 Å². The lowest BCUT2D eigenvalue weighted by Crippen LogP contribution is -2.48. The number of amides is 1. The van der Waals surface area contributed by atoms with Gasteiger partial charge in [0.15, 0.2) is 0 Å². The minimum atomic E-state index is -0.290. The quantitative estimate of drug-likeness (QED) is 0.859. The number of carbonyl (C=O) groups excluding carboxylic acids is 1. The van der Waals surface area contributed by atoms with Crippen molar-refractivity contribution in [3.05, 3.63) is 48.0 Å². The van der Waals surface area contributed by atoms with Crippen molar-refractivity contribution >= 4 is 11.9 Å². The molecule has 2 aliphatic heterocycles. The Morgan fingerprint density at radius 3 is 2.76 bits per heavy atom. The van der Waals surface area contributed by atoms with Crippen LogP contribution < -0.4 is 4.90 Å². The summed E-state index contributed by atoms with van der Waals surface area (Å²) < 4.78 is 0. The van der Waals surface area contributed by atoms with Gasteiger partial charge in [0, 0.05) is 37.7 Å². The molecular weight excluding hydrogens is 314 g/mol. The molecule has 4 rings (SSSR count). The van der Waals surface area contributed by atoms with Gasteiger partial charge < -0.3 is 9.80 Å². The second-order valence-corrected chi connectivity index (χ2v) is 7.10. The fourth-order valence-corrected chi connectivity index (χ4v) is 4.06.